The van der Waals surface area contributed by atoms with Crippen LogP contribution in [0.15, 0.2) is 54.6 Å². The first-order valence-electron chi connectivity index (χ1n) is 9.58. The van der Waals surface area contributed by atoms with Crippen LogP contribution in [-0.2, 0) is 27.3 Å². The van der Waals surface area contributed by atoms with E-state index in [2.05, 4.69) is 10.1 Å². The number of hydrogen-bond donors (Lipinski definition) is 2. The zero-order valence-corrected chi connectivity index (χ0v) is 17.1. The van der Waals surface area contributed by atoms with Crippen molar-refractivity contribution in [3.05, 3.63) is 75.8 Å². The van der Waals surface area contributed by atoms with E-state index in [1.54, 1.807) is 30.3 Å². The van der Waals surface area contributed by atoms with Gasteiger partial charge in [0.05, 0.1) is 17.6 Å². The van der Waals surface area contributed by atoms with Gasteiger partial charge in [0.25, 0.3) is 5.69 Å². The van der Waals surface area contributed by atoms with Gasteiger partial charge in [-0.1, -0.05) is 42.5 Å². The zero-order chi connectivity index (χ0) is 23.7. The fourth-order valence-corrected chi connectivity index (χ4v) is 2.77. The van der Waals surface area contributed by atoms with Crippen LogP contribution in [0.5, 0.6) is 0 Å². The van der Waals surface area contributed by atoms with E-state index in [4.69, 9.17) is 4.74 Å². The number of hydrogen-bond acceptors (Lipinski definition) is 7. The van der Waals surface area contributed by atoms with Crippen molar-refractivity contribution in [3.8, 4) is 0 Å². The smallest absolute Gasteiger partial charge is 0.407 e. The standard InChI is InChI=1S/C21H22F2N2O7/c1-2-31-19(27)21(22,23)18(26)17(12-14-8-10-16(11-9-14)25(29)30)24-20(28)32-13-15-6-4-3-5-7-15/h3-11,17-18,26H,2,12-13H2,1H3,(H,24,28). The van der Waals surface area contributed by atoms with Gasteiger partial charge in [-0.25, -0.2) is 9.59 Å². The lowest BCUT2D eigenvalue weighted by Gasteiger charge is -2.28. The highest BCUT2D eigenvalue weighted by molar-refractivity contribution is 5.78. The van der Waals surface area contributed by atoms with Gasteiger partial charge in [-0.3, -0.25) is 10.1 Å². The van der Waals surface area contributed by atoms with E-state index in [0.717, 1.165) is 12.1 Å². The number of nitrogens with one attached hydrogen (secondary N) is 1. The molecule has 0 heterocycles. The number of non-ortho nitro benzene ring substituents is 1. The molecule has 2 N–H and O–H groups in total. The average Bonchev–Trinajstić information content (AvgIpc) is 2.78. The molecule has 0 saturated heterocycles. The molecule has 2 aromatic rings. The summed E-state index contributed by atoms with van der Waals surface area (Å²) < 4.78 is 38.2. The molecule has 0 aromatic heterocycles. The van der Waals surface area contributed by atoms with Crippen LogP contribution < -0.4 is 5.32 Å². The van der Waals surface area contributed by atoms with Crippen LogP contribution in [0.1, 0.15) is 18.1 Å². The van der Waals surface area contributed by atoms with Gasteiger partial charge < -0.3 is 19.9 Å². The van der Waals surface area contributed by atoms with Crippen LogP contribution in [0, 0.1) is 10.1 Å². The second-order valence-corrected chi connectivity index (χ2v) is 6.73. The SMILES string of the molecule is CCOC(=O)C(F)(F)C(O)C(Cc1ccc([N+](=O)[O-])cc1)NC(=O)OCc1ccccc1. The summed E-state index contributed by atoms with van der Waals surface area (Å²) in [6.07, 6.45) is -4.12. The molecule has 1 amide bonds. The molecule has 172 valence electrons. The van der Waals surface area contributed by atoms with Gasteiger partial charge in [-0.2, -0.15) is 8.78 Å². The van der Waals surface area contributed by atoms with Crippen LogP contribution in [0.2, 0.25) is 0 Å². The van der Waals surface area contributed by atoms with E-state index >= 15 is 0 Å². The van der Waals surface area contributed by atoms with Crippen molar-refractivity contribution in [2.75, 3.05) is 6.61 Å². The van der Waals surface area contributed by atoms with Crippen molar-refractivity contribution >= 4 is 17.7 Å². The number of rotatable bonds is 10. The molecular formula is C21H22F2N2O7. The monoisotopic (exact) mass is 452 g/mol. The number of carbonyl (C=O) groups excluding carboxylic acids is 2. The summed E-state index contributed by atoms with van der Waals surface area (Å²) in [5, 5.41) is 23.2. The number of aliphatic hydroxyl groups is 1. The summed E-state index contributed by atoms with van der Waals surface area (Å²) in [6.45, 7) is 0.843. The molecule has 0 aliphatic rings. The first-order valence-corrected chi connectivity index (χ1v) is 9.58. The number of aliphatic hydroxyl groups excluding tert-OH is 1. The number of carbonyl (C=O) groups is 2. The Morgan fingerprint density at radius 1 is 1.09 bits per heavy atom. The van der Waals surface area contributed by atoms with E-state index < -0.39 is 35.1 Å². The molecule has 11 heteroatoms. The lowest BCUT2D eigenvalue weighted by Crippen LogP contribution is -2.56. The fraction of sp³-hybridized carbons (Fsp3) is 0.333. The van der Waals surface area contributed by atoms with Crippen molar-refractivity contribution in [1.29, 1.82) is 0 Å². The molecular weight excluding hydrogens is 430 g/mol. The van der Waals surface area contributed by atoms with Crippen LogP contribution in [0.25, 0.3) is 0 Å². The first-order chi connectivity index (χ1) is 15.1. The molecule has 2 aromatic carbocycles. The molecule has 0 spiro atoms. The number of halogens is 2. The molecule has 0 aliphatic carbocycles. The summed E-state index contributed by atoms with van der Waals surface area (Å²) in [6, 6.07) is 11.8. The summed E-state index contributed by atoms with van der Waals surface area (Å²) in [4.78, 5) is 34.0. The Kier molecular flexibility index (Phi) is 8.59. The zero-order valence-electron chi connectivity index (χ0n) is 17.1. The maximum Gasteiger partial charge on any atom is 0.407 e. The Balaban J connectivity index is 2.17. The highest BCUT2D eigenvalue weighted by Crippen LogP contribution is 2.25. The third-order valence-electron chi connectivity index (χ3n) is 4.42. The number of amides is 1. The molecule has 0 radical (unpaired) electrons. The summed E-state index contributed by atoms with van der Waals surface area (Å²) >= 11 is 0. The molecule has 2 rings (SSSR count). The Morgan fingerprint density at radius 2 is 1.72 bits per heavy atom. The van der Waals surface area contributed by atoms with Gasteiger partial charge in [0.2, 0.25) is 0 Å². The predicted molar refractivity (Wildman–Crippen MR) is 108 cm³/mol. The van der Waals surface area contributed by atoms with Crippen LogP contribution in [0.3, 0.4) is 0 Å². The second-order valence-electron chi connectivity index (χ2n) is 6.73. The van der Waals surface area contributed by atoms with Gasteiger partial charge >= 0.3 is 18.0 Å². The molecule has 0 saturated carbocycles. The molecule has 0 aliphatic heterocycles. The highest BCUT2D eigenvalue weighted by Gasteiger charge is 2.52. The van der Waals surface area contributed by atoms with Gasteiger partial charge in [0.1, 0.15) is 12.7 Å². The molecule has 0 fully saturated rings. The van der Waals surface area contributed by atoms with Crippen LogP contribution >= 0.6 is 0 Å². The fourth-order valence-electron chi connectivity index (χ4n) is 2.77. The minimum absolute atomic E-state index is 0.151. The number of alkyl carbamates (subject to hydrolysis) is 1. The minimum atomic E-state index is -4.33. The quantitative estimate of drug-likeness (QED) is 0.322. The van der Waals surface area contributed by atoms with E-state index in [1.807, 2.05) is 0 Å². The normalized spacial score (nSPS) is 13.0. The average molecular weight is 452 g/mol. The lowest BCUT2D eigenvalue weighted by molar-refractivity contribution is -0.384. The van der Waals surface area contributed by atoms with Crippen molar-refractivity contribution in [1.82, 2.24) is 5.32 Å². The predicted octanol–water partition coefficient (Wildman–Crippen LogP) is 2.99. The molecule has 32 heavy (non-hydrogen) atoms. The van der Waals surface area contributed by atoms with Gasteiger partial charge in [0.15, 0.2) is 0 Å². The third-order valence-corrected chi connectivity index (χ3v) is 4.42. The van der Waals surface area contributed by atoms with Crippen molar-refractivity contribution in [2.45, 2.75) is 38.0 Å². The molecule has 0 bridgehead atoms. The number of esters is 1. The van der Waals surface area contributed by atoms with E-state index in [0.29, 0.717) is 11.1 Å². The molecule has 2 unspecified atom stereocenters. The van der Waals surface area contributed by atoms with Crippen LogP contribution in [-0.4, -0.2) is 46.8 Å². The van der Waals surface area contributed by atoms with Crippen LogP contribution in [0.4, 0.5) is 19.3 Å². The van der Waals surface area contributed by atoms with Crippen molar-refractivity contribution in [3.63, 3.8) is 0 Å². The summed E-state index contributed by atoms with van der Waals surface area (Å²) in [7, 11) is 0. The Hall–Kier alpha value is -3.60. The number of nitro benzene ring substituents is 1. The summed E-state index contributed by atoms with van der Waals surface area (Å²) in [5.41, 5.74) is 0.715. The maximum atomic E-state index is 14.4. The molecule has 2 atom stereocenters. The highest BCUT2D eigenvalue weighted by atomic mass is 19.3. The minimum Gasteiger partial charge on any atom is -0.461 e. The first kappa shape index (κ1) is 24.7. The van der Waals surface area contributed by atoms with Crippen molar-refractivity contribution in [2.24, 2.45) is 0 Å². The van der Waals surface area contributed by atoms with Crippen molar-refractivity contribution < 1.29 is 37.9 Å². The van der Waals surface area contributed by atoms with Gasteiger partial charge in [-0.15, -0.1) is 0 Å². The Morgan fingerprint density at radius 3 is 2.28 bits per heavy atom. The maximum absolute atomic E-state index is 14.4. The Bertz CT molecular complexity index is 924. The topological polar surface area (TPSA) is 128 Å². The second kappa shape index (κ2) is 11.1. The van der Waals surface area contributed by atoms with E-state index in [1.165, 1.54) is 19.1 Å². The summed E-state index contributed by atoms with van der Waals surface area (Å²) in [5.74, 6) is -6.27. The lowest BCUT2D eigenvalue weighted by atomic mass is 9.97. The number of nitrogens with zero attached hydrogens (tertiary/aromatic N) is 1. The third kappa shape index (κ3) is 6.71. The Labute approximate surface area is 182 Å². The number of ether oxygens (including phenoxy) is 2. The van der Waals surface area contributed by atoms with Gasteiger partial charge in [0, 0.05) is 12.1 Å². The number of alkyl halides is 2. The molecule has 9 nitrogen and oxygen atoms in total. The van der Waals surface area contributed by atoms with Gasteiger partial charge in [-0.05, 0) is 24.5 Å². The largest absolute Gasteiger partial charge is 0.461 e. The van der Waals surface area contributed by atoms with E-state index in [-0.39, 0.29) is 25.3 Å². The van der Waals surface area contributed by atoms with E-state index in [9.17, 15) is 33.6 Å². The number of nitro groups is 1. The number of benzene rings is 2.